The van der Waals surface area contributed by atoms with Crippen LogP contribution in [0, 0.1) is 5.41 Å². The highest BCUT2D eigenvalue weighted by atomic mass is 16.5. The normalized spacial score (nSPS) is 9.21. The second-order valence-corrected chi connectivity index (χ2v) is 2.59. The molecule has 1 rings (SSSR count). The molecule has 0 fully saturated rings. The molecule has 1 N–H and O–H groups in total. The minimum absolute atomic E-state index is 0.122. The molecule has 14 heavy (non-hydrogen) atoms. The maximum absolute atomic E-state index is 10.8. The number of hydrogen-bond acceptors (Lipinski definition) is 4. The smallest absolute Gasteiger partial charge is 0.314 e. The third-order valence-electron chi connectivity index (χ3n) is 1.52. The number of esters is 1. The van der Waals surface area contributed by atoms with E-state index in [-0.39, 0.29) is 12.3 Å². The summed E-state index contributed by atoms with van der Waals surface area (Å²) in [5.74, 6) is -0.0598. The molecule has 0 atom stereocenters. The highest BCUT2D eigenvalue weighted by Gasteiger charge is 2.07. The predicted octanol–water partition coefficient (Wildman–Crippen LogP) is 1.61. The van der Waals surface area contributed by atoms with E-state index >= 15 is 0 Å². The second-order valence-electron chi connectivity index (χ2n) is 2.59. The van der Waals surface area contributed by atoms with Crippen molar-refractivity contribution in [2.75, 3.05) is 7.11 Å². The fraction of sp³-hybridized carbons (Fsp3) is 0.200. The number of carbonyl (C=O) groups is 1. The zero-order valence-electron chi connectivity index (χ0n) is 7.82. The Morgan fingerprint density at radius 2 is 2.00 bits per heavy atom. The van der Waals surface area contributed by atoms with Gasteiger partial charge in [0.2, 0.25) is 0 Å². The molecule has 0 radical (unpaired) electrons. The molecule has 1 aromatic carbocycles. The predicted molar refractivity (Wildman–Crippen MR) is 51.4 cm³/mol. The number of para-hydroxylation sites is 1. The van der Waals surface area contributed by atoms with Gasteiger partial charge in [-0.1, -0.05) is 18.2 Å². The number of rotatable bonds is 3. The van der Waals surface area contributed by atoms with Crippen molar-refractivity contribution >= 4 is 11.9 Å². The Morgan fingerprint density at radius 1 is 1.36 bits per heavy atom. The summed E-state index contributed by atoms with van der Waals surface area (Å²) in [6.45, 7) is 0. The van der Waals surface area contributed by atoms with Crippen LogP contribution >= 0.6 is 0 Å². The van der Waals surface area contributed by atoms with E-state index in [0.717, 1.165) is 0 Å². The van der Waals surface area contributed by atoms with Crippen LogP contribution in [0.15, 0.2) is 30.3 Å². The minimum Gasteiger partial charge on any atom is -0.469 e. The fourth-order valence-electron chi connectivity index (χ4n) is 0.870. The van der Waals surface area contributed by atoms with Crippen molar-refractivity contribution in [3.05, 3.63) is 30.3 Å². The molecule has 0 saturated carbocycles. The van der Waals surface area contributed by atoms with Gasteiger partial charge in [0.15, 0.2) is 5.90 Å². The largest absolute Gasteiger partial charge is 0.469 e. The van der Waals surface area contributed by atoms with Crippen LogP contribution in [0.2, 0.25) is 0 Å². The number of carbonyl (C=O) groups excluding carboxylic acids is 1. The molecule has 0 bridgehead atoms. The lowest BCUT2D eigenvalue weighted by molar-refractivity contribution is -0.139. The first-order valence-corrected chi connectivity index (χ1v) is 4.09. The summed E-state index contributed by atoms with van der Waals surface area (Å²) >= 11 is 0. The topological polar surface area (TPSA) is 59.4 Å². The van der Waals surface area contributed by atoms with Crippen molar-refractivity contribution in [1.82, 2.24) is 0 Å². The van der Waals surface area contributed by atoms with Gasteiger partial charge in [0.1, 0.15) is 12.2 Å². The lowest BCUT2D eigenvalue weighted by Gasteiger charge is -2.04. The summed E-state index contributed by atoms with van der Waals surface area (Å²) in [7, 11) is 1.28. The first-order valence-electron chi connectivity index (χ1n) is 4.09. The van der Waals surface area contributed by atoms with Crippen molar-refractivity contribution in [2.24, 2.45) is 0 Å². The molecule has 0 aliphatic carbocycles. The lowest BCUT2D eigenvalue weighted by atomic mass is 10.3. The van der Waals surface area contributed by atoms with E-state index in [4.69, 9.17) is 10.1 Å². The fourth-order valence-corrected chi connectivity index (χ4v) is 0.870. The van der Waals surface area contributed by atoms with Crippen molar-refractivity contribution in [1.29, 1.82) is 5.41 Å². The van der Waals surface area contributed by atoms with Crippen molar-refractivity contribution in [3.63, 3.8) is 0 Å². The summed E-state index contributed by atoms with van der Waals surface area (Å²) in [5.41, 5.74) is 0. The summed E-state index contributed by atoms with van der Waals surface area (Å²) < 4.78 is 9.47. The number of nitrogens with one attached hydrogen (secondary N) is 1. The lowest BCUT2D eigenvalue weighted by Crippen LogP contribution is -2.13. The molecule has 0 amide bonds. The van der Waals surface area contributed by atoms with Crippen LogP contribution < -0.4 is 4.74 Å². The zero-order chi connectivity index (χ0) is 10.4. The molecule has 0 heterocycles. The van der Waals surface area contributed by atoms with Crippen molar-refractivity contribution < 1.29 is 14.3 Å². The molecule has 0 spiro atoms. The second kappa shape index (κ2) is 5.01. The van der Waals surface area contributed by atoms with E-state index < -0.39 is 5.97 Å². The number of benzene rings is 1. The van der Waals surface area contributed by atoms with E-state index in [0.29, 0.717) is 5.75 Å². The molecule has 4 nitrogen and oxygen atoms in total. The highest BCUT2D eigenvalue weighted by molar-refractivity contribution is 5.93. The van der Waals surface area contributed by atoms with Gasteiger partial charge in [-0.15, -0.1) is 0 Å². The van der Waals surface area contributed by atoms with Crippen LogP contribution in [-0.4, -0.2) is 19.0 Å². The average Bonchev–Trinajstić information content (AvgIpc) is 2.19. The molecular formula is C10H11NO3. The van der Waals surface area contributed by atoms with Gasteiger partial charge in [-0.3, -0.25) is 10.2 Å². The molecule has 0 aliphatic rings. The molecule has 4 heteroatoms. The van der Waals surface area contributed by atoms with E-state index in [9.17, 15) is 4.79 Å². The van der Waals surface area contributed by atoms with Gasteiger partial charge in [-0.05, 0) is 12.1 Å². The van der Waals surface area contributed by atoms with E-state index in [2.05, 4.69) is 4.74 Å². The Morgan fingerprint density at radius 3 is 2.57 bits per heavy atom. The molecule has 1 aromatic rings. The Bertz CT molecular complexity index is 321. The molecule has 0 unspecified atom stereocenters. The standard InChI is InChI=1S/C10H11NO3/c1-13-10(12)7-9(11)14-8-5-3-2-4-6-8/h2-6,11H,7H2,1H3. The molecule has 74 valence electrons. The first-order chi connectivity index (χ1) is 6.72. The van der Waals surface area contributed by atoms with Gasteiger partial charge < -0.3 is 9.47 Å². The summed E-state index contributed by atoms with van der Waals surface area (Å²) in [6.07, 6.45) is -0.147. The van der Waals surface area contributed by atoms with Crippen LogP contribution in [0.1, 0.15) is 6.42 Å². The molecule has 0 aromatic heterocycles. The van der Waals surface area contributed by atoms with Gasteiger partial charge in [-0.2, -0.15) is 0 Å². The van der Waals surface area contributed by atoms with E-state index in [1.54, 1.807) is 24.3 Å². The average molecular weight is 193 g/mol. The van der Waals surface area contributed by atoms with E-state index in [1.165, 1.54) is 7.11 Å². The number of hydrogen-bond donors (Lipinski definition) is 1. The highest BCUT2D eigenvalue weighted by Crippen LogP contribution is 2.09. The number of methoxy groups -OCH3 is 1. The Hall–Kier alpha value is -1.84. The maximum atomic E-state index is 10.8. The van der Waals surface area contributed by atoms with Gasteiger partial charge in [0, 0.05) is 0 Å². The number of ether oxygens (including phenoxy) is 2. The van der Waals surface area contributed by atoms with Crippen molar-refractivity contribution in [3.8, 4) is 5.75 Å². The van der Waals surface area contributed by atoms with Crippen LogP contribution in [0.4, 0.5) is 0 Å². The van der Waals surface area contributed by atoms with Gasteiger partial charge in [-0.25, -0.2) is 0 Å². The van der Waals surface area contributed by atoms with Crippen LogP contribution in [0.25, 0.3) is 0 Å². The Kier molecular flexibility index (Phi) is 3.67. The van der Waals surface area contributed by atoms with Crippen LogP contribution in [-0.2, 0) is 9.53 Å². The Balaban J connectivity index is 2.46. The summed E-state index contributed by atoms with van der Waals surface area (Å²) in [5, 5.41) is 7.34. The summed E-state index contributed by atoms with van der Waals surface area (Å²) in [6, 6.07) is 8.86. The molecule has 0 aliphatic heterocycles. The molecular weight excluding hydrogens is 182 g/mol. The Labute approximate surface area is 82.0 Å². The van der Waals surface area contributed by atoms with E-state index in [1.807, 2.05) is 6.07 Å². The van der Waals surface area contributed by atoms with Crippen molar-refractivity contribution in [2.45, 2.75) is 6.42 Å². The van der Waals surface area contributed by atoms with Crippen LogP contribution in [0.5, 0.6) is 5.75 Å². The molecule has 0 saturated heterocycles. The summed E-state index contributed by atoms with van der Waals surface area (Å²) in [4.78, 5) is 10.8. The maximum Gasteiger partial charge on any atom is 0.314 e. The monoisotopic (exact) mass is 193 g/mol. The first kappa shape index (κ1) is 10.2. The van der Waals surface area contributed by atoms with Gasteiger partial charge >= 0.3 is 5.97 Å². The minimum atomic E-state index is -0.481. The third-order valence-corrected chi connectivity index (χ3v) is 1.52. The third kappa shape index (κ3) is 3.26. The van der Waals surface area contributed by atoms with Gasteiger partial charge in [0.05, 0.1) is 7.11 Å². The van der Waals surface area contributed by atoms with Gasteiger partial charge in [0.25, 0.3) is 0 Å². The zero-order valence-corrected chi connectivity index (χ0v) is 7.82. The van der Waals surface area contributed by atoms with Crippen LogP contribution in [0.3, 0.4) is 0 Å². The quantitative estimate of drug-likeness (QED) is 0.450. The SMILES string of the molecule is COC(=O)CC(=N)Oc1ccccc1.